The monoisotopic (exact) mass is 300 g/mol. The van der Waals surface area contributed by atoms with Crippen LogP contribution in [0.2, 0.25) is 0 Å². The molecule has 0 radical (unpaired) electrons. The normalized spacial score (nSPS) is 10.7. The van der Waals surface area contributed by atoms with Crippen LogP contribution in [0.3, 0.4) is 0 Å². The number of primary amides is 1. The van der Waals surface area contributed by atoms with Crippen LogP contribution in [-0.2, 0) is 0 Å². The van der Waals surface area contributed by atoms with Gasteiger partial charge in [-0.05, 0) is 37.3 Å². The number of carbonyl (C=O) groups is 1. The van der Waals surface area contributed by atoms with Crippen molar-refractivity contribution in [2.75, 3.05) is 5.73 Å². The zero-order chi connectivity index (χ0) is 15.0. The molecule has 106 valence electrons. The molecule has 4 N–H and O–H groups in total. The Morgan fingerprint density at radius 2 is 1.95 bits per heavy atom. The molecule has 2 aromatic heterocycles. The molecule has 0 aliphatic heterocycles. The zero-order valence-corrected chi connectivity index (χ0v) is 12.0. The van der Waals surface area contributed by atoms with Gasteiger partial charge in [-0.2, -0.15) is 4.98 Å². The van der Waals surface area contributed by atoms with Crippen LogP contribution in [0.25, 0.3) is 10.2 Å². The van der Waals surface area contributed by atoms with Gasteiger partial charge < -0.3 is 16.2 Å². The van der Waals surface area contributed by atoms with Crippen LogP contribution < -0.4 is 16.2 Å². The third-order valence-corrected chi connectivity index (χ3v) is 3.80. The summed E-state index contributed by atoms with van der Waals surface area (Å²) < 4.78 is 5.74. The Morgan fingerprint density at radius 3 is 2.62 bits per heavy atom. The van der Waals surface area contributed by atoms with Gasteiger partial charge in [0, 0.05) is 10.4 Å². The van der Waals surface area contributed by atoms with Gasteiger partial charge in [0.15, 0.2) is 0 Å². The summed E-state index contributed by atoms with van der Waals surface area (Å²) in [6, 6.07) is 8.45. The number of nitrogens with zero attached hydrogens (tertiary/aromatic N) is 2. The van der Waals surface area contributed by atoms with Crippen LogP contribution in [0.4, 0.5) is 5.95 Å². The highest BCUT2D eigenvalue weighted by atomic mass is 32.1. The maximum atomic E-state index is 11.0. The Kier molecular flexibility index (Phi) is 3.19. The number of hydrogen-bond acceptors (Lipinski definition) is 6. The highest BCUT2D eigenvalue weighted by molar-refractivity contribution is 7.18. The van der Waals surface area contributed by atoms with Crippen molar-refractivity contribution in [3.8, 4) is 11.6 Å². The van der Waals surface area contributed by atoms with E-state index in [1.807, 2.05) is 13.0 Å². The highest BCUT2D eigenvalue weighted by Gasteiger charge is 2.11. The van der Waals surface area contributed by atoms with Crippen molar-refractivity contribution in [1.29, 1.82) is 0 Å². The molecule has 3 aromatic rings. The van der Waals surface area contributed by atoms with E-state index >= 15 is 0 Å². The molecule has 6 nitrogen and oxygen atoms in total. The fourth-order valence-corrected chi connectivity index (χ4v) is 2.79. The average Bonchev–Trinajstić information content (AvgIpc) is 2.79. The lowest BCUT2D eigenvalue weighted by Gasteiger charge is -2.06. The minimum absolute atomic E-state index is 0.160. The Morgan fingerprint density at radius 1 is 1.24 bits per heavy atom. The summed E-state index contributed by atoms with van der Waals surface area (Å²) in [5, 5.41) is 0.811. The van der Waals surface area contributed by atoms with E-state index in [1.54, 1.807) is 24.3 Å². The van der Waals surface area contributed by atoms with Crippen LogP contribution in [0.5, 0.6) is 11.6 Å². The van der Waals surface area contributed by atoms with Crippen LogP contribution in [0, 0.1) is 6.92 Å². The number of ether oxygens (including phenoxy) is 1. The third-order valence-electron chi connectivity index (χ3n) is 2.85. The number of rotatable bonds is 3. The molecule has 7 heteroatoms. The van der Waals surface area contributed by atoms with Crippen molar-refractivity contribution in [3.63, 3.8) is 0 Å². The fourth-order valence-electron chi connectivity index (χ4n) is 1.91. The Labute approximate surface area is 124 Å². The molecule has 21 heavy (non-hydrogen) atoms. The lowest BCUT2D eigenvalue weighted by atomic mass is 10.2. The molecule has 1 aromatic carbocycles. The molecule has 1 amide bonds. The number of amides is 1. The average molecular weight is 300 g/mol. The zero-order valence-electron chi connectivity index (χ0n) is 11.2. The third kappa shape index (κ3) is 2.63. The standard InChI is InChI=1S/C14H12N4O2S/c1-7-6-10-12(17-14(16)18-13(10)21-7)20-9-4-2-8(3-5-9)11(15)19/h2-6H,1H3,(H2,15,19)(H2,16,17,18). The first-order valence-electron chi connectivity index (χ1n) is 6.14. The quantitative estimate of drug-likeness (QED) is 0.773. The molecule has 0 aliphatic rings. The molecule has 0 saturated carbocycles. The molecule has 0 unspecified atom stereocenters. The number of anilines is 1. The molecule has 0 aliphatic carbocycles. The van der Waals surface area contributed by atoms with Crippen molar-refractivity contribution in [2.45, 2.75) is 6.92 Å². The second kappa shape index (κ2) is 5.02. The van der Waals surface area contributed by atoms with Crippen molar-refractivity contribution in [1.82, 2.24) is 9.97 Å². The summed E-state index contributed by atoms with van der Waals surface area (Å²) in [7, 11) is 0. The lowest BCUT2D eigenvalue weighted by Crippen LogP contribution is -2.10. The minimum Gasteiger partial charge on any atom is -0.438 e. The number of carbonyl (C=O) groups excluding carboxylic acids is 1. The number of aryl methyl sites for hydroxylation is 1. The van der Waals surface area contributed by atoms with Gasteiger partial charge >= 0.3 is 0 Å². The largest absolute Gasteiger partial charge is 0.438 e. The smallest absolute Gasteiger partial charge is 0.248 e. The number of aromatic nitrogens is 2. The number of thiophene rings is 1. The summed E-state index contributed by atoms with van der Waals surface area (Å²) >= 11 is 1.53. The summed E-state index contributed by atoms with van der Waals surface area (Å²) in [5.74, 6) is 0.619. The molecule has 0 spiro atoms. The van der Waals surface area contributed by atoms with Crippen molar-refractivity contribution < 1.29 is 9.53 Å². The molecule has 2 heterocycles. The summed E-state index contributed by atoms with van der Waals surface area (Å²) in [6.07, 6.45) is 0. The topological polar surface area (TPSA) is 104 Å². The predicted molar refractivity (Wildman–Crippen MR) is 81.6 cm³/mol. The van der Waals surface area contributed by atoms with Gasteiger partial charge in [0.2, 0.25) is 17.7 Å². The van der Waals surface area contributed by atoms with Crippen LogP contribution in [-0.4, -0.2) is 15.9 Å². The first kappa shape index (κ1) is 13.3. The SMILES string of the molecule is Cc1cc2c(Oc3ccc(C(N)=O)cc3)nc(N)nc2s1. The van der Waals surface area contributed by atoms with Crippen molar-refractivity contribution in [2.24, 2.45) is 5.73 Å². The number of fused-ring (bicyclic) bond motifs is 1. The molecular formula is C14H12N4O2S. The van der Waals surface area contributed by atoms with Crippen molar-refractivity contribution >= 4 is 33.4 Å². The van der Waals surface area contributed by atoms with Gasteiger partial charge in [-0.25, -0.2) is 4.98 Å². The van der Waals surface area contributed by atoms with Crippen molar-refractivity contribution in [3.05, 3.63) is 40.8 Å². The minimum atomic E-state index is -0.483. The molecule has 3 rings (SSSR count). The second-order valence-corrected chi connectivity index (χ2v) is 5.69. The molecule has 0 atom stereocenters. The van der Waals surface area contributed by atoms with E-state index in [4.69, 9.17) is 16.2 Å². The van der Waals surface area contributed by atoms with Gasteiger partial charge in [0.05, 0.1) is 5.39 Å². The second-order valence-electron chi connectivity index (χ2n) is 4.45. The van der Waals surface area contributed by atoms with Gasteiger partial charge in [0.25, 0.3) is 0 Å². The first-order chi connectivity index (χ1) is 10.0. The van der Waals surface area contributed by atoms with Gasteiger partial charge in [-0.15, -0.1) is 11.3 Å². The number of nitrogens with two attached hydrogens (primary N) is 2. The van der Waals surface area contributed by atoms with Gasteiger partial charge in [0.1, 0.15) is 10.6 Å². The van der Waals surface area contributed by atoms with Gasteiger partial charge in [-0.1, -0.05) is 0 Å². The van der Waals surface area contributed by atoms with Crippen LogP contribution >= 0.6 is 11.3 Å². The Bertz CT molecular complexity index is 827. The Balaban J connectivity index is 1.99. The van der Waals surface area contributed by atoms with E-state index in [-0.39, 0.29) is 5.95 Å². The fraction of sp³-hybridized carbons (Fsp3) is 0.0714. The van der Waals surface area contributed by atoms with E-state index in [9.17, 15) is 4.79 Å². The predicted octanol–water partition coefficient (Wildman–Crippen LogP) is 2.47. The van der Waals surface area contributed by atoms with E-state index in [0.29, 0.717) is 17.2 Å². The summed E-state index contributed by atoms with van der Waals surface area (Å²) in [5.41, 5.74) is 11.3. The first-order valence-corrected chi connectivity index (χ1v) is 6.96. The maximum absolute atomic E-state index is 11.0. The Hall–Kier alpha value is -2.67. The number of nitrogen functional groups attached to an aromatic ring is 1. The summed E-state index contributed by atoms with van der Waals surface area (Å²) in [4.78, 5) is 21.2. The maximum Gasteiger partial charge on any atom is 0.248 e. The van der Waals surface area contributed by atoms with E-state index in [1.165, 1.54) is 11.3 Å². The van der Waals surface area contributed by atoms with E-state index in [2.05, 4.69) is 9.97 Å². The number of benzene rings is 1. The molecular weight excluding hydrogens is 288 g/mol. The highest BCUT2D eigenvalue weighted by Crippen LogP contribution is 2.33. The molecule has 0 bridgehead atoms. The molecule has 0 fully saturated rings. The lowest BCUT2D eigenvalue weighted by molar-refractivity contribution is 0.100. The van der Waals surface area contributed by atoms with Gasteiger partial charge in [-0.3, -0.25) is 4.79 Å². The van der Waals surface area contributed by atoms with Crippen LogP contribution in [0.1, 0.15) is 15.2 Å². The summed E-state index contributed by atoms with van der Waals surface area (Å²) in [6.45, 7) is 1.98. The van der Waals surface area contributed by atoms with E-state index < -0.39 is 5.91 Å². The number of hydrogen-bond donors (Lipinski definition) is 2. The van der Waals surface area contributed by atoms with Crippen LogP contribution in [0.15, 0.2) is 30.3 Å². The van der Waals surface area contributed by atoms with E-state index in [0.717, 1.165) is 15.1 Å². The molecule has 0 saturated heterocycles.